The number of piperazine rings is 1. The van der Waals surface area contributed by atoms with E-state index in [9.17, 15) is 14.0 Å². The van der Waals surface area contributed by atoms with Crippen LogP contribution in [0.1, 0.15) is 15.9 Å². The lowest BCUT2D eigenvalue weighted by Crippen LogP contribution is -2.50. The molecule has 2 aromatic rings. The highest BCUT2D eigenvalue weighted by molar-refractivity contribution is 6.31. The molecule has 1 saturated heterocycles. The van der Waals surface area contributed by atoms with Crippen LogP contribution in [0.5, 0.6) is 5.75 Å². The van der Waals surface area contributed by atoms with Crippen LogP contribution in [0.4, 0.5) is 4.39 Å². The molecule has 0 spiro atoms. The summed E-state index contributed by atoms with van der Waals surface area (Å²) in [7, 11) is 1.53. The van der Waals surface area contributed by atoms with Crippen molar-refractivity contribution in [2.75, 3.05) is 39.8 Å². The fourth-order valence-electron chi connectivity index (χ4n) is 3.20. The van der Waals surface area contributed by atoms with Gasteiger partial charge in [0.05, 0.1) is 13.7 Å². The Labute approximate surface area is 174 Å². The molecule has 1 fully saturated rings. The zero-order valence-corrected chi connectivity index (χ0v) is 16.9. The van der Waals surface area contributed by atoms with Crippen LogP contribution < -0.4 is 10.1 Å². The van der Waals surface area contributed by atoms with Gasteiger partial charge in [0.2, 0.25) is 5.91 Å². The molecule has 0 aliphatic carbocycles. The third-order valence-electron chi connectivity index (χ3n) is 4.90. The Kier molecular flexibility index (Phi) is 7.06. The Morgan fingerprint density at radius 3 is 2.55 bits per heavy atom. The van der Waals surface area contributed by atoms with Gasteiger partial charge in [0.1, 0.15) is 11.6 Å². The average molecular weight is 420 g/mol. The molecule has 2 amide bonds. The van der Waals surface area contributed by atoms with Crippen molar-refractivity contribution in [1.29, 1.82) is 0 Å². The number of amides is 2. The van der Waals surface area contributed by atoms with Crippen molar-refractivity contribution in [2.24, 2.45) is 0 Å². The zero-order chi connectivity index (χ0) is 20.8. The number of hydrogen-bond donors (Lipinski definition) is 1. The minimum absolute atomic E-state index is 0.0742. The van der Waals surface area contributed by atoms with Crippen LogP contribution in [0.25, 0.3) is 0 Å². The first-order valence-electron chi connectivity index (χ1n) is 9.33. The smallest absolute Gasteiger partial charge is 0.251 e. The Morgan fingerprint density at radius 2 is 1.86 bits per heavy atom. The molecule has 8 heteroatoms. The molecule has 0 unspecified atom stereocenters. The van der Waals surface area contributed by atoms with E-state index in [1.165, 1.54) is 13.2 Å². The largest absolute Gasteiger partial charge is 0.497 e. The van der Waals surface area contributed by atoms with Crippen LogP contribution in [0.3, 0.4) is 0 Å². The van der Waals surface area contributed by atoms with Gasteiger partial charge in [0, 0.05) is 48.9 Å². The summed E-state index contributed by atoms with van der Waals surface area (Å²) in [5.41, 5.74) is 0.906. The van der Waals surface area contributed by atoms with E-state index < -0.39 is 0 Å². The predicted molar refractivity (Wildman–Crippen MR) is 109 cm³/mol. The van der Waals surface area contributed by atoms with Gasteiger partial charge in [-0.15, -0.1) is 0 Å². The Morgan fingerprint density at radius 1 is 1.14 bits per heavy atom. The average Bonchev–Trinajstić information content (AvgIpc) is 2.75. The van der Waals surface area contributed by atoms with Crippen LogP contribution in [0.2, 0.25) is 5.02 Å². The maximum atomic E-state index is 14.0. The molecular weight excluding hydrogens is 397 g/mol. The number of rotatable bonds is 6. The van der Waals surface area contributed by atoms with E-state index in [0.717, 1.165) is 0 Å². The molecule has 29 heavy (non-hydrogen) atoms. The number of carbonyl (C=O) groups excluding carboxylic acids is 2. The molecule has 0 radical (unpaired) electrons. The van der Waals surface area contributed by atoms with Gasteiger partial charge in [0.15, 0.2) is 0 Å². The van der Waals surface area contributed by atoms with Crippen LogP contribution in [0, 0.1) is 5.82 Å². The molecule has 0 atom stereocenters. The third kappa shape index (κ3) is 5.46. The van der Waals surface area contributed by atoms with E-state index in [1.807, 2.05) is 0 Å². The molecule has 3 rings (SSSR count). The number of benzene rings is 2. The fraction of sp³-hybridized carbons (Fsp3) is 0.333. The number of ether oxygens (including phenoxy) is 1. The van der Waals surface area contributed by atoms with Crippen LogP contribution in [0.15, 0.2) is 42.5 Å². The second-order valence-electron chi connectivity index (χ2n) is 6.77. The normalized spacial score (nSPS) is 14.5. The Balaban J connectivity index is 1.47. The molecule has 1 heterocycles. The van der Waals surface area contributed by atoms with Crippen LogP contribution in [-0.4, -0.2) is 61.4 Å². The van der Waals surface area contributed by atoms with E-state index in [2.05, 4.69) is 10.2 Å². The van der Waals surface area contributed by atoms with Gasteiger partial charge in [-0.1, -0.05) is 23.7 Å². The van der Waals surface area contributed by atoms with Crippen molar-refractivity contribution < 1.29 is 18.7 Å². The van der Waals surface area contributed by atoms with Gasteiger partial charge in [-0.2, -0.15) is 0 Å². The van der Waals surface area contributed by atoms with Gasteiger partial charge < -0.3 is 15.0 Å². The number of hydrogen-bond acceptors (Lipinski definition) is 4. The Bertz CT molecular complexity index is 865. The topological polar surface area (TPSA) is 61.9 Å². The summed E-state index contributed by atoms with van der Waals surface area (Å²) in [6, 6.07) is 11.4. The van der Waals surface area contributed by atoms with Crippen molar-refractivity contribution in [2.45, 2.75) is 6.54 Å². The lowest BCUT2D eigenvalue weighted by atomic mass is 10.2. The molecule has 0 bridgehead atoms. The molecule has 1 N–H and O–H groups in total. The monoisotopic (exact) mass is 419 g/mol. The van der Waals surface area contributed by atoms with Gasteiger partial charge in [0.25, 0.3) is 5.91 Å². The number of nitrogens with zero attached hydrogens (tertiary/aromatic N) is 2. The lowest BCUT2D eigenvalue weighted by molar-refractivity contribution is -0.131. The highest BCUT2D eigenvalue weighted by Gasteiger charge is 2.23. The third-order valence-corrected chi connectivity index (χ3v) is 5.25. The highest BCUT2D eigenvalue weighted by atomic mass is 35.5. The summed E-state index contributed by atoms with van der Waals surface area (Å²) in [5, 5.41) is 3.05. The van der Waals surface area contributed by atoms with Crippen molar-refractivity contribution >= 4 is 23.4 Å². The van der Waals surface area contributed by atoms with Crippen LogP contribution in [-0.2, 0) is 11.3 Å². The number of nitrogens with one attached hydrogen (secondary N) is 1. The number of halogens is 2. The summed E-state index contributed by atoms with van der Waals surface area (Å²) in [5.74, 6) is -0.221. The standard InChI is InChI=1S/C21H23ClFN3O3/c1-29-16-5-2-4-15(12-16)21(28)24-13-20(27)26-10-8-25(9-11-26)14-17-18(22)6-3-7-19(17)23/h2-7,12H,8-11,13-14H2,1H3,(H,24,28). The van der Waals surface area contributed by atoms with Crippen LogP contribution >= 0.6 is 11.6 Å². The molecule has 0 aromatic heterocycles. The lowest BCUT2D eigenvalue weighted by Gasteiger charge is -2.35. The molecule has 154 valence electrons. The second kappa shape index (κ2) is 9.71. The first kappa shape index (κ1) is 21.1. The van der Waals surface area contributed by atoms with Gasteiger partial charge in [-0.25, -0.2) is 4.39 Å². The van der Waals surface area contributed by atoms with E-state index >= 15 is 0 Å². The summed E-state index contributed by atoms with van der Waals surface area (Å²) >= 11 is 6.09. The number of methoxy groups -OCH3 is 1. The quantitative estimate of drug-likeness (QED) is 0.781. The van der Waals surface area contributed by atoms with Crippen molar-refractivity contribution in [1.82, 2.24) is 15.1 Å². The molecule has 1 aliphatic heterocycles. The minimum atomic E-state index is -0.329. The van der Waals surface area contributed by atoms with Gasteiger partial charge >= 0.3 is 0 Å². The minimum Gasteiger partial charge on any atom is -0.497 e. The molecular formula is C21H23ClFN3O3. The zero-order valence-electron chi connectivity index (χ0n) is 16.2. The molecule has 1 aliphatic rings. The molecule has 0 saturated carbocycles. The van der Waals surface area contributed by atoms with E-state index in [-0.39, 0.29) is 24.2 Å². The summed E-state index contributed by atoms with van der Waals surface area (Å²) < 4.78 is 19.1. The SMILES string of the molecule is COc1cccc(C(=O)NCC(=O)N2CCN(Cc3c(F)cccc3Cl)CC2)c1. The second-order valence-corrected chi connectivity index (χ2v) is 7.18. The van der Waals surface area contributed by atoms with E-state index in [4.69, 9.17) is 16.3 Å². The van der Waals surface area contributed by atoms with E-state index in [0.29, 0.717) is 54.6 Å². The van der Waals surface area contributed by atoms with Crippen molar-refractivity contribution in [3.05, 3.63) is 64.4 Å². The first-order chi connectivity index (χ1) is 14.0. The molecule has 2 aromatic carbocycles. The predicted octanol–water partition coefficient (Wildman–Crippen LogP) is 2.56. The summed E-state index contributed by atoms with van der Waals surface area (Å²) in [4.78, 5) is 28.4. The van der Waals surface area contributed by atoms with Gasteiger partial charge in [-0.3, -0.25) is 14.5 Å². The highest BCUT2D eigenvalue weighted by Crippen LogP contribution is 2.21. The van der Waals surface area contributed by atoms with Crippen molar-refractivity contribution in [3.8, 4) is 5.75 Å². The summed E-state index contributed by atoms with van der Waals surface area (Å²) in [6.07, 6.45) is 0. The van der Waals surface area contributed by atoms with Gasteiger partial charge in [-0.05, 0) is 30.3 Å². The number of carbonyl (C=O) groups is 2. The molecule has 6 nitrogen and oxygen atoms in total. The first-order valence-corrected chi connectivity index (χ1v) is 9.71. The Hall–Kier alpha value is -2.64. The maximum absolute atomic E-state index is 14.0. The van der Waals surface area contributed by atoms with E-state index in [1.54, 1.807) is 41.3 Å². The fourth-order valence-corrected chi connectivity index (χ4v) is 3.42. The maximum Gasteiger partial charge on any atom is 0.251 e. The summed E-state index contributed by atoms with van der Waals surface area (Å²) in [6.45, 7) is 2.58. The van der Waals surface area contributed by atoms with Crippen molar-refractivity contribution in [3.63, 3.8) is 0 Å².